The topological polar surface area (TPSA) is 91.7 Å². The Morgan fingerprint density at radius 3 is 2.53 bits per heavy atom. The van der Waals surface area contributed by atoms with Crippen LogP contribution in [0.25, 0.3) is 0 Å². The highest BCUT2D eigenvalue weighted by Crippen LogP contribution is 2.35. The van der Waals surface area contributed by atoms with E-state index in [4.69, 9.17) is 14.7 Å². The van der Waals surface area contributed by atoms with Gasteiger partial charge in [-0.15, -0.1) is 11.8 Å². The molecule has 2 amide bonds. The van der Waals surface area contributed by atoms with Gasteiger partial charge in [0, 0.05) is 41.4 Å². The number of anilines is 1. The summed E-state index contributed by atoms with van der Waals surface area (Å²) in [5.41, 5.74) is 3.08. The number of fused-ring (bicyclic) bond motifs is 1. The summed E-state index contributed by atoms with van der Waals surface area (Å²) < 4.78 is 10.7. The summed E-state index contributed by atoms with van der Waals surface area (Å²) >= 11 is 1.61. The molecule has 3 aromatic rings. The second kappa shape index (κ2) is 10.8. The Labute approximate surface area is 214 Å². The molecule has 0 saturated carbocycles. The van der Waals surface area contributed by atoms with Crippen LogP contribution in [-0.2, 0) is 10.5 Å². The normalized spacial score (nSPS) is 14.8. The molecular weight excluding hydrogens is 474 g/mol. The molecule has 7 nitrogen and oxygen atoms in total. The molecule has 1 fully saturated rings. The number of carbonyl (C=O) groups is 2. The van der Waals surface area contributed by atoms with E-state index in [1.54, 1.807) is 42.1 Å². The quantitative estimate of drug-likeness (QED) is 0.476. The Bertz CT molecular complexity index is 1310. The van der Waals surface area contributed by atoms with Crippen molar-refractivity contribution in [1.82, 2.24) is 4.90 Å². The lowest BCUT2D eigenvalue weighted by Crippen LogP contribution is -2.41. The van der Waals surface area contributed by atoms with Crippen molar-refractivity contribution in [3.63, 3.8) is 0 Å². The maximum absolute atomic E-state index is 13.3. The fraction of sp³-hybridized carbons (Fsp3) is 0.250. The summed E-state index contributed by atoms with van der Waals surface area (Å²) in [4.78, 5) is 28.9. The molecule has 0 bridgehead atoms. The average Bonchev–Trinajstić information content (AvgIpc) is 3.40. The van der Waals surface area contributed by atoms with Gasteiger partial charge in [-0.1, -0.05) is 24.3 Å². The lowest BCUT2D eigenvalue weighted by atomic mass is 9.95. The number of nitrogens with one attached hydrogen (secondary N) is 1. The minimum atomic E-state index is -0.152. The van der Waals surface area contributed by atoms with Crippen LogP contribution < -0.4 is 14.8 Å². The highest BCUT2D eigenvalue weighted by Gasteiger charge is 2.29. The van der Waals surface area contributed by atoms with Crippen molar-refractivity contribution in [3.05, 3.63) is 83.4 Å². The van der Waals surface area contributed by atoms with Crippen LogP contribution >= 0.6 is 11.8 Å². The lowest BCUT2D eigenvalue weighted by molar-refractivity contribution is -0.121. The molecule has 1 saturated heterocycles. The molecular formula is C28H25N3O4S. The fourth-order valence-corrected chi connectivity index (χ4v) is 5.34. The van der Waals surface area contributed by atoms with Crippen molar-refractivity contribution in [2.75, 3.05) is 25.2 Å². The van der Waals surface area contributed by atoms with E-state index >= 15 is 0 Å². The molecule has 0 aromatic heterocycles. The van der Waals surface area contributed by atoms with E-state index in [-0.39, 0.29) is 24.5 Å². The molecule has 36 heavy (non-hydrogen) atoms. The predicted molar refractivity (Wildman–Crippen MR) is 137 cm³/mol. The van der Waals surface area contributed by atoms with Crippen LogP contribution in [0.15, 0.2) is 71.6 Å². The highest BCUT2D eigenvalue weighted by molar-refractivity contribution is 7.98. The number of likely N-dealkylation sites (tertiary alicyclic amines) is 1. The van der Waals surface area contributed by atoms with Gasteiger partial charge in [0.15, 0.2) is 11.5 Å². The summed E-state index contributed by atoms with van der Waals surface area (Å²) in [6.07, 6.45) is 1.23. The van der Waals surface area contributed by atoms with Gasteiger partial charge in [0.1, 0.15) is 0 Å². The van der Waals surface area contributed by atoms with Gasteiger partial charge in [0.05, 0.1) is 17.2 Å². The van der Waals surface area contributed by atoms with E-state index in [9.17, 15) is 9.59 Å². The molecule has 2 aliphatic rings. The Morgan fingerprint density at radius 2 is 1.75 bits per heavy atom. The molecule has 2 aliphatic heterocycles. The summed E-state index contributed by atoms with van der Waals surface area (Å²) in [5.74, 6) is 1.81. The van der Waals surface area contributed by atoms with Gasteiger partial charge in [-0.25, -0.2) is 0 Å². The van der Waals surface area contributed by atoms with Gasteiger partial charge >= 0.3 is 0 Å². The molecule has 0 atom stereocenters. The molecule has 2 heterocycles. The molecule has 0 aliphatic carbocycles. The number of nitrogens with zero attached hydrogens (tertiary/aromatic N) is 2. The first-order chi connectivity index (χ1) is 17.6. The smallest absolute Gasteiger partial charge is 0.254 e. The largest absolute Gasteiger partial charge is 0.454 e. The van der Waals surface area contributed by atoms with E-state index in [0.29, 0.717) is 60.0 Å². The molecule has 5 rings (SSSR count). The van der Waals surface area contributed by atoms with Crippen molar-refractivity contribution in [1.29, 1.82) is 5.26 Å². The monoisotopic (exact) mass is 499 g/mol. The van der Waals surface area contributed by atoms with Crippen LogP contribution in [0, 0.1) is 17.2 Å². The number of hydrogen-bond donors (Lipinski definition) is 1. The van der Waals surface area contributed by atoms with Gasteiger partial charge in [0.2, 0.25) is 12.7 Å². The third-order valence-corrected chi connectivity index (χ3v) is 7.53. The Morgan fingerprint density at radius 1 is 1.00 bits per heavy atom. The number of benzene rings is 3. The van der Waals surface area contributed by atoms with Crippen LogP contribution in [0.3, 0.4) is 0 Å². The standard InChI is InChI=1S/C28H25N3O4S/c29-16-19-5-7-20(8-6-19)17-36-26-4-2-1-3-23(26)28(33)31-13-11-21(12-14-31)27(32)30-22-9-10-24-25(15-22)35-18-34-24/h1-10,15,21H,11-14,17-18H2,(H,30,32). The SMILES string of the molecule is N#Cc1ccc(CSc2ccccc2C(=O)N2CCC(C(=O)Nc3ccc4c(c3)OCO4)CC2)cc1. The van der Waals surface area contributed by atoms with Crippen molar-refractivity contribution in [2.45, 2.75) is 23.5 Å². The van der Waals surface area contributed by atoms with Crippen LogP contribution in [0.2, 0.25) is 0 Å². The fourth-order valence-electron chi connectivity index (χ4n) is 4.34. The Hall–Kier alpha value is -3.96. The van der Waals surface area contributed by atoms with Gasteiger partial charge in [0.25, 0.3) is 5.91 Å². The Balaban J connectivity index is 1.17. The first-order valence-corrected chi connectivity index (χ1v) is 12.8. The maximum atomic E-state index is 13.3. The van der Waals surface area contributed by atoms with E-state index in [2.05, 4.69) is 11.4 Å². The first-order valence-electron chi connectivity index (χ1n) is 11.8. The zero-order valence-electron chi connectivity index (χ0n) is 19.6. The molecule has 182 valence electrons. The molecule has 0 radical (unpaired) electrons. The lowest BCUT2D eigenvalue weighted by Gasteiger charge is -2.31. The maximum Gasteiger partial charge on any atom is 0.254 e. The second-order valence-corrected chi connectivity index (χ2v) is 9.73. The number of ether oxygens (including phenoxy) is 2. The van der Waals surface area contributed by atoms with Crippen molar-refractivity contribution >= 4 is 29.3 Å². The van der Waals surface area contributed by atoms with E-state index in [1.807, 2.05) is 41.3 Å². The van der Waals surface area contributed by atoms with Gasteiger partial charge in [-0.2, -0.15) is 5.26 Å². The summed E-state index contributed by atoms with van der Waals surface area (Å²) in [5, 5.41) is 11.9. The highest BCUT2D eigenvalue weighted by atomic mass is 32.2. The molecule has 1 N–H and O–H groups in total. The van der Waals surface area contributed by atoms with Crippen LogP contribution in [0.4, 0.5) is 5.69 Å². The second-order valence-electron chi connectivity index (χ2n) is 8.72. The van der Waals surface area contributed by atoms with E-state index in [0.717, 1.165) is 10.5 Å². The summed E-state index contributed by atoms with van der Waals surface area (Å²) in [6.45, 7) is 1.26. The van der Waals surface area contributed by atoms with Gasteiger partial charge < -0.3 is 19.7 Å². The van der Waals surface area contributed by atoms with Gasteiger partial charge in [-0.3, -0.25) is 9.59 Å². The van der Waals surface area contributed by atoms with Crippen LogP contribution in [0.1, 0.15) is 34.3 Å². The van der Waals surface area contributed by atoms with Crippen molar-refractivity contribution < 1.29 is 19.1 Å². The van der Waals surface area contributed by atoms with E-state index < -0.39 is 0 Å². The minimum absolute atomic E-state index is 0.00689. The minimum Gasteiger partial charge on any atom is -0.454 e. The van der Waals surface area contributed by atoms with E-state index in [1.165, 1.54) is 0 Å². The molecule has 3 aromatic carbocycles. The number of carbonyl (C=O) groups excluding carboxylic acids is 2. The molecule has 0 unspecified atom stereocenters. The number of hydrogen-bond acceptors (Lipinski definition) is 6. The third-order valence-electron chi connectivity index (χ3n) is 6.39. The molecule has 8 heteroatoms. The van der Waals surface area contributed by atoms with Crippen LogP contribution in [-0.4, -0.2) is 36.6 Å². The number of nitriles is 1. The van der Waals surface area contributed by atoms with Crippen LogP contribution in [0.5, 0.6) is 11.5 Å². The summed E-state index contributed by atoms with van der Waals surface area (Å²) in [7, 11) is 0. The number of piperidine rings is 1. The average molecular weight is 500 g/mol. The van der Waals surface area contributed by atoms with Crippen molar-refractivity contribution in [2.24, 2.45) is 5.92 Å². The number of amides is 2. The number of rotatable bonds is 6. The number of thioether (sulfide) groups is 1. The first kappa shape index (κ1) is 23.8. The zero-order chi connectivity index (χ0) is 24.9. The third kappa shape index (κ3) is 5.31. The summed E-state index contributed by atoms with van der Waals surface area (Å²) in [6, 6.07) is 22.6. The van der Waals surface area contributed by atoms with Gasteiger partial charge in [-0.05, 0) is 54.8 Å². The Kier molecular flexibility index (Phi) is 7.10. The van der Waals surface area contributed by atoms with Crippen molar-refractivity contribution in [3.8, 4) is 17.6 Å². The predicted octanol–water partition coefficient (Wildman–Crippen LogP) is 5.07. The molecule has 0 spiro atoms. The zero-order valence-corrected chi connectivity index (χ0v) is 20.4.